The van der Waals surface area contributed by atoms with E-state index in [9.17, 15) is 13.2 Å². The van der Waals surface area contributed by atoms with Crippen LogP contribution in [0.15, 0.2) is 60.7 Å². The third-order valence-corrected chi connectivity index (χ3v) is 6.55. The van der Waals surface area contributed by atoms with Crippen LogP contribution in [-0.4, -0.2) is 40.5 Å². The Morgan fingerprint density at radius 1 is 0.838 bits per heavy atom. The number of halogens is 4. The predicted molar refractivity (Wildman–Crippen MR) is 142 cm³/mol. The molecule has 1 aliphatic heterocycles. The van der Waals surface area contributed by atoms with E-state index in [1.165, 1.54) is 0 Å². The van der Waals surface area contributed by atoms with Crippen LogP contribution in [0.4, 0.5) is 18.9 Å². The summed E-state index contributed by atoms with van der Waals surface area (Å²) < 4.78 is 55.9. The fraction of sp³-hybridized carbons (Fsp3) is 0.357. The van der Waals surface area contributed by atoms with Gasteiger partial charge in [0.2, 0.25) is 5.75 Å². The van der Waals surface area contributed by atoms with E-state index in [0.717, 1.165) is 60.4 Å². The van der Waals surface area contributed by atoms with Crippen LogP contribution >= 0.6 is 12.4 Å². The van der Waals surface area contributed by atoms with E-state index in [-0.39, 0.29) is 18.4 Å². The molecule has 0 spiro atoms. The lowest BCUT2D eigenvalue weighted by Gasteiger charge is -2.37. The molecule has 0 unspecified atom stereocenters. The van der Waals surface area contributed by atoms with Gasteiger partial charge in [-0.1, -0.05) is 18.2 Å². The Kier molecular flexibility index (Phi) is 9.56. The first-order chi connectivity index (χ1) is 17.3. The van der Waals surface area contributed by atoms with Crippen LogP contribution in [0.5, 0.6) is 17.2 Å². The molecule has 0 aliphatic carbocycles. The Bertz CT molecular complexity index is 1140. The molecule has 9 heteroatoms. The standard InChI is InChI=1S/C28H31F3N2O3.ClH/c1-34-25-16-21(17-26(35-2)27(25)36-3)20-6-4-5-19(15-20)18-33(24-11-13-32-14-12-24)23-9-7-22(8-10-23)28(29,30)31;/h4-10,15-17,24,32H,11-14,18H2,1-3H3;1H. The molecule has 1 fully saturated rings. The minimum Gasteiger partial charge on any atom is -0.493 e. The fourth-order valence-electron chi connectivity index (χ4n) is 4.69. The van der Waals surface area contributed by atoms with Gasteiger partial charge in [0.05, 0.1) is 26.9 Å². The second kappa shape index (κ2) is 12.4. The van der Waals surface area contributed by atoms with Crippen molar-refractivity contribution in [3.63, 3.8) is 0 Å². The Morgan fingerprint density at radius 2 is 1.46 bits per heavy atom. The maximum atomic E-state index is 13.1. The molecule has 0 saturated carbocycles. The molecule has 0 aromatic heterocycles. The molecule has 0 radical (unpaired) electrons. The zero-order valence-electron chi connectivity index (χ0n) is 21.1. The van der Waals surface area contributed by atoms with Gasteiger partial charge in [-0.05, 0) is 85.1 Å². The summed E-state index contributed by atoms with van der Waals surface area (Å²) in [6.45, 7) is 2.34. The molecule has 200 valence electrons. The van der Waals surface area contributed by atoms with E-state index in [1.54, 1.807) is 33.5 Å². The maximum absolute atomic E-state index is 13.1. The van der Waals surface area contributed by atoms with Crippen molar-refractivity contribution in [3.05, 3.63) is 71.8 Å². The molecular weight excluding hydrogens is 505 g/mol. The summed E-state index contributed by atoms with van der Waals surface area (Å²) in [4.78, 5) is 2.22. The number of anilines is 1. The maximum Gasteiger partial charge on any atom is 0.416 e. The summed E-state index contributed by atoms with van der Waals surface area (Å²) in [6.07, 6.45) is -2.51. The Hall–Kier alpha value is -3.10. The van der Waals surface area contributed by atoms with E-state index in [2.05, 4.69) is 16.3 Å². The minimum atomic E-state index is -4.35. The molecule has 1 heterocycles. The minimum absolute atomic E-state index is 0. The SMILES string of the molecule is COc1cc(-c2cccc(CN(c3ccc(C(F)(F)F)cc3)C3CCNCC3)c2)cc(OC)c1OC.Cl. The first-order valence-electron chi connectivity index (χ1n) is 11.9. The van der Waals surface area contributed by atoms with Crippen molar-refractivity contribution in [2.75, 3.05) is 39.3 Å². The number of hydrogen-bond donors (Lipinski definition) is 1. The van der Waals surface area contributed by atoms with Crippen LogP contribution in [0, 0.1) is 0 Å². The smallest absolute Gasteiger partial charge is 0.416 e. The quantitative estimate of drug-likeness (QED) is 0.352. The van der Waals surface area contributed by atoms with Crippen LogP contribution in [0.2, 0.25) is 0 Å². The van der Waals surface area contributed by atoms with Crippen LogP contribution < -0.4 is 24.4 Å². The van der Waals surface area contributed by atoms with E-state index in [4.69, 9.17) is 14.2 Å². The molecule has 0 amide bonds. The second-order valence-electron chi connectivity index (χ2n) is 8.77. The fourth-order valence-corrected chi connectivity index (χ4v) is 4.69. The number of piperidine rings is 1. The number of methoxy groups -OCH3 is 3. The molecule has 1 saturated heterocycles. The van der Waals surface area contributed by atoms with Gasteiger partial charge in [-0.15, -0.1) is 12.4 Å². The normalized spacial score (nSPS) is 14.0. The third kappa shape index (κ3) is 6.62. The van der Waals surface area contributed by atoms with Gasteiger partial charge in [-0.25, -0.2) is 0 Å². The first kappa shape index (κ1) is 28.5. The zero-order chi connectivity index (χ0) is 25.7. The van der Waals surface area contributed by atoms with E-state index in [0.29, 0.717) is 23.8 Å². The lowest BCUT2D eigenvalue weighted by atomic mass is 9.99. The summed E-state index contributed by atoms with van der Waals surface area (Å²) in [5.41, 5.74) is 3.09. The van der Waals surface area contributed by atoms with Gasteiger partial charge in [0, 0.05) is 18.3 Å². The number of benzene rings is 3. The molecule has 1 N–H and O–H groups in total. The van der Waals surface area contributed by atoms with Crippen LogP contribution in [-0.2, 0) is 12.7 Å². The highest BCUT2D eigenvalue weighted by molar-refractivity contribution is 5.85. The first-order valence-corrected chi connectivity index (χ1v) is 11.9. The van der Waals surface area contributed by atoms with Gasteiger partial charge in [-0.2, -0.15) is 13.2 Å². The van der Waals surface area contributed by atoms with E-state index < -0.39 is 11.7 Å². The molecular formula is C28H32ClF3N2O3. The van der Waals surface area contributed by atoms with Gasteiger partial charge < -0.3 is 24.4 Å². The number of nitrogens with one attached hydrogen (secondary N) is 1. The lowest BCUT2D eigenvalue weighted by Crippen LogP contribution is -2.43. The van der Waals surface area contributed by atoms with Gasteiger partial charge in [0.1, 0.15) is 0 Å². The Balaban J connectivity index is 0.00000380. The molecule has 3 aromatic carbocycles. The molecule has 37 heavy (non-hydrogen) atoms. The van der Waals surface area contributed by atoms with Crippen LogP contribution in [0.1, 0.15) is 24.0 Å². The molecule has 0 bridgehead atoms. The van der Waals surface area contributed by atoms with Gasteiger partial charge >= 0.3 is 6.18 Å². The number of alkyl halides is 3. The lowest BCUT2D eigenvalue weighted by molar-refractivity contribution is -0.137. The number of hydrogen-bond acceptors (Lipinski definition) is 5. The van der Waals surface area contributed by atoms with Crippen molar-refractivity contribution in [2.45, 2.75) is 31.6 Å². The average Bonchev–Trinajstić information content (AvgIpc) is 2.91. The molecule has 3 aromatic rings. The Labute approximate surface area is 221 Å². The van der Waals surface area contributed by atoms with Gasteiger partial charge in [0.25, 0.3) is 0 Å². The van der Waals surface area contributed by atoms with Crippen molar-refractivity contribution in [1.82, 2.24) is 5.32 Å². The van der Waals surface area contributed by atoms with Crippen molar-refractivity contribution in [2.24, 2.45) is 0 Å². The number of rotatable bonds is 8. The van der Waals surface area contributed by atoms with Crippen molar-refractivity contribution < 1.29 is 27.4 Å². The van der Waals surface area contributed by atoms with Gasteiger partial charge in [-0.3, -0.25) is 0 Å². The number of ether oxygens (including phenoxy) is 3. The Morgan fingerprint density at radius 3 is 2.00 bits per heavy atom. The molecule has 0 atom stereocenters. The summed E-state index contributed by atoms with van der Waals surface area (Å²) in [5.74, 6) is 1.66. The van der Waals surface area contributed by atoms with E-state index in [1.807, 2.05) is 30.3 Å². The predicted octanol–water partition coefficient (Wildman–Crippen LogP) is 6.58. The monoisotopic (exact) mass is 536 g/mol. The third-order valence-electron chi connectivity index (χ3n) is 6.55. The average molecular weight is 537 g/mol. The summed E-state index contributed by atoms with van der Waals surface area (Å²) in [6, 6.07) is 17.7. The van der Waals surface area contributed by atoms with Crippen molar-refractivity contribution >= 4 is 18.1 Å². The summed E-state index contributed by atoms with van der Waals surface area (Å²) in [7, 11) is 4.73. The van der Waals surface area contributed by atoms with Crippen molar-refractivity contribution in [3.8, 4) is 28.4 Å². The van der Waals surface area contributed by atoms with Crippen molar-refractivity contribution in [1.29, 1.82) is 0 Å². The topological polar surface area (TPSA) is 43.0 Å². The second-order valence-corrected chi connectivity index (χ2v) is 8.77. The van der Waals surface area contributed by atoms with Crippen LogP contribution in [0.25, 0.3) is 11.1 Å². The molecule has 1 aliphatic rings. The highest BCUT2D eigenvalue weighted by atomic mass is 35.5. The van der Waals surface area contributed by atoms with Gasteiger partial charge in [0.15, 0.2) is 11.5 Å². The van der Waals surface area contributed by atoms with Crippen LogP contribution in [0.3, 0.4) is 0 Å². The van der Waals surface area contributed by atoms with E-state index >= 15 is 0 Å². The molecule has 4 rings (SSSR count). The summed E-state index contributed by atoms with van der Waals surface area (Å²) in [5, 5.41) is 3.37. The molecule has 5 nitrogen and oxygen atoms in total. The highest BCUT2D eigenvalue weighted by Gasteiger charge is 2.30. The number of nitrogens with zero attached hydrogens (tertiary/aromatic N) is 1. The summed E-state index contributed by atoms with van der Waals surface area (Å²) >= 11 is 0. The largest absolute Gasteiger partial charge is 0.493 e. The zero-order valence-corrected chi connectivity index (χ0v) is 21.9. The highest BCUT2D eigenvalue weighted by Crippen LogP contribution is 2.41.